The SMILES string of the molecule is C[C@@]1(Cc2ccc3c(c2)OCO3)CCCN(C(=O)Cc2ccc(CO)cc2)C1. The summed E-state index contributed by atoms with van der Waals surface area (Å²) >= 11 is 0. The van der Waals surface area contributed by atoms with E-state index in [1.807, 2.05) is 35.2 Å². The number of piperidine rings is 1. The average Bonchev–Trinajstić information content (AvgIpc) is 3.16. The first-order chi connectivity index (χ1) is 13.5. The van der Waals surface area contributed by atoms with E-state index in [4.69, 9.17) is 14.6 Å². The monoisotopic (exact) mass is 381 g/mol. The predicted octanol–water partition coefficient (Wildman–Crippen LogP) is 3.32. The van der Waals surface area contributed by atoms with E-state index in [2.05, 4.69) is 19.1 Å². The smallest absolute Gasteiger partial charge is 0.231 e. The molecule has 148 valence electrons. The van der Waals surface area contributed by atoms with Crippen molar-refractivity contribution in [1.29, 1.82) is 0 Å². The van der Waals surface area contributed by atoms with Crippen molar-refractivity contribution < 1.29 is 19.4 Å². The van der Waals surface area contributed by atoms with Crippen molar-refractivity contribution in [2.45, 2.75) is 39.2 Å². The minimum atomic E-state index is 0.0264. The first-order valence-electron chi connectivity index (χ1n) is 9.90. The summed E-state index contributed by atoms with van der Waals surface area (Å²) in [4.78, 5) is 14.9. The number of carbonyl (C=O) groups excluding carboxylic acids is 1. The van der Waals surface area contributed by atoms with E-state index in [0.717, 1.165) is 55.0 Å². The molecule has 5 nitrogen and oxygen atoms in total. The molecular formula is C23H27NO4. The molecule has 1 saturated heterocycles. The number of aliphatic hydroxyl groups excluding tert-OH is 1. The third kappa shape index (κ3) is 4.14. The highest BCUT2D eigenvalue weighted by atomic mass is 16.7. The Morgan fingerprint density at radius 2 is 1.79 bits per heavy atom. The van der Waals surface area contributed by atoms with E-state index < -0.39 is 0 Å². The fraction of sp³-hybridized carbons (Fsp3) is 0.435. The summed E-state index contributed by atoms with van der Waals surface area (Å²) in [5.74, 6) is 1.80. The molecule has 0 unspecified atom stereocenters. The third-order valence-electron chi connectivity index (χ3n) is 5.76. The zero-order valence-electron chi connectivity index (χ0n) is 16.3. The molecule has 2 aliphatic rings. The molecule has 2 aromatic rings. The van der Waals surface area contributed by atoms with E-state index >= 15 is 0 Å². The van der Waals surface area contributed by atoms with Gasteiger partial charge in [-0.05, 0) is 53.5 Å². The van der Waals surface area contributed by atoms with Crippen LogP contribution in [0, 0.1) is 5.41 Å². The maximum absolute atomic E-state index is 12.9. The number of nitrogens with zero attached hydrogens (tertiary/aromatic N) is 1. The highest BCUT2D eigenvalue weighted by Crippen LogP contribution is 2.37. The van der Waals surface area contributed by atoms with Crippen LogP contribution in [0.1, 0.15) is 36.5 Å². The van der Waals surface area contributed by atoms with Crippen LogP contribution in [0.25, 0.3) is 0 Å². The standard InChI is InChI=1S/C23H27NO4/c1-23(13-19-7-8-20-21(11-19)28-16-27-20)9-2-10-24(15-23)22(26)12-17-3-5-18(14-25)6-4-17/h3-8,11,25H,2,9-10,12-16H2,1H3/t23-/m0/s1. The van der Waals surface area contributed by atoms with Gasteiger partial charge in [0.05, 0.1) is 13.0 Å². The van der Waals surface area contributed by atoms with Gasteiger partial charge in [0.2, 0.25) is 12.7 Å². The number of hydrogen-bond acceptors (Lipinski definition) is 4. The Morgan fingerprint density at radius 3 is 2.57 bits per heavy atom. The van der Waals surface area contributed by atoms with E-state index in [-0.39, 0.29) is 24.7 Å². The molecule has 0 spiro atoms. The summed E-state index contributed by atoms with van der Waals surface area (Å²) in [6.45, 7) is 4.18. The molecule has 1 amide bonds. The summed E-state index contributed by atoms with van der Waals surface area (Å²) in [5.41, 5.74) is 3.14. The molecule has 0 saturated carbocycles. The molecule has 0 radical (unpaired) electrons. The van der Waals surface area contributed by atoms with E-state index in [1.54, 1.807) is 0 Å². The molecule has 0 bridgehead atoms. The zero-order valence-corrected chi connectivity index (χ0v) is 16.3. The Balaban J connectivity index is 1.40. The quantitative estimate of drug-likeness (QED) is 0.863. The molecule has 2 aromatic carbocycles. The number of benzene rings is 2. The number of amides is 1. The average molecular weight is 381 g/mol. The maximum atomic E-state index is 12.9. The molecule has 1 fully saturated rings. The predicted molar refractivity (Wildman–Crippen MR) is 106 cm³/mol. The molecule has 1 N–H and O–H groups in total. The fourth-order valence-corrected chi connectivity index (χ4v) is 4.27. The first-order valence-corrected chi connectivity index (χ1v) is 9.90. The molecule has 2 heterocycles. The van der Waals surface area contributed by atoms with Gasteiger partial charge in [-0.3, -0.25) is 4.79 Å². The van der Waals surface area contributed by atoms with E-state index in [0.29, 0.717) is 6.42 Å². The van der Waals surface area contributed by atoms with Crippen molar-refractivity contribution in [3.05, 3.63) is 59.2 Å². The molecule has 1 atom stereocenters. The van der Waals surface area contributed by atoms with Crippen LogP contribution in [0.2, 0.25) is 0 Å². The topological polar surface area (TPSA) is 59.0 Å². The van der Waals surface area contributed by atoms with Gasteiger partial charge in [0.15, 0.2) is 11.5 Å². The molecule has 4 rings (SSSR count). The van der Waals surface area contributed by atoms with Gasteiger partial charge in [0.1, 0.15) is 0 Å². The second kappa shape index (κ2) is 7.84. The van der Waals surface area contributed by atoms with Crippen LogP contribution in [-0.4, -0.2) is 35.8 Å². The van der Waals surface area contributed by atoms with Crippen LogP contribution >= 0.6 is 0 Å². The van der Waals surface area contributed by atoms with Gasteiger partial charge in [0.25, 0.3) is 0 Å². The van der Waals surface area contributed by atoms with Gasteiger partial charge < -0.3 is 19.5 Å². The van der Waals surface area contributed by atoms with Crippen molar-refractivity contribution in [2.75, 3.05) is 19.9 Å². The van der Waals surface area contributed by atoms with Gasteiger partial charge in [-0.25, -0.2) is 0 Å². The Hall–Kier alpha value is -2.53. The lowest BCUT2D eigenvalue weighted by Crippen LogP contribution is -2.46. The van der Waals surface area contributed by atoms with Gasteiger partial charge in [-0.15, -0.1) is 0 Å². The van der Waals surface area contributed by atoms with Gasteiger partial charge in [-0.1, -0.05) is 37.3 Å². The fourth-order valence-electron chi connectivity index (χ4n) is 4.27. The Bertz CT molecular complexity index is 848. The molecule has 2 aliphatic heterocycles. The van der Waals surface area contributed by atoms with Gasteiger partial charge >= 0.3 is 0 Å². The number of fused-ring (bicyclic) bond motifs is 1. The lowest BCUT2D eigenvalue weighted by molar-refractivity contribution is -0.133. The van der Waals surface area contributed by atoms with Crippen LogP contribution in [-0.2, 0) is 24.2 Å². The van der Waals surface area contributed by atoms with Crippen molar-refractivity contribution in [1.82, 2.24) is 4.90 Å². The number of aliphatic hydroxyl groups is 1. The van der Waals surface area contributed by atoms with Crippen LogP contribution in [0.3, 0.4) is 0 Å². The van der Waals surface area contributed by atoms with Gasteiger partial charge in [-0.2, -0.15) is 0 Å². The number of hydrogen-bond donors (Lipinski definition) is 1. The Labute approximate surface area is 165 Å². The minimum Gasteiger partial charge on any atom is -0.454 e. The minimum absolute atomic E-state index is 0.0264. The van der Waals surface area contributed by atoms with Crippen molar-refractivity contribution >= 4 is 5.91 Å². The summed E-state index contributed by atoms with van der Waals surface area (Å²) in [6, 6.07) is 13.8. The largest absolute Gasteiger partial charge is 0.454 e. The molecular weight excluding hydrogens is 354 g/mol. The number of rotatable bonds is 5. The van der Waals surface area contributed by atoms with Crippen molar-refractivity contribution in [3.63, 3.8) is 0 Å². The number of carbonyl (C=O) groups is 1. The molecule has 0 aromatic heterocycles. The lowest BCUT2D eigenvalue weighted by atomic mass is 9.76. The lowest BCUT2D eigenvalue weighted by Gasteiger charge is -2.41. The van der Waals surface area contributed by atoms with E-state index in [9.17, 15) is 4.79 Å². The second-order valence-electron chi connectivity index (χ2n) is 8.25. The molecule has 0 aliphatic carbocycles. The van der Waals surface area contributed by atoms with E-state index in [1.165, 1.54) is 5.56 Å². The summed E-state index contributed by atoms with van der Waals surface area (Å²) in [6.07, 6.45) is 3.46. The van der Waals surface area contributed by atoms with Gasteiger partial charge in [0, 0.05) is 13.1 Å². The highest BCUT2D eigenvalue weighted by Gasteiger charge is 2.33. The molecule has 28 heavy (non-hydrogen) atoms. The summed E-state index contributed by atoms with van der Waals surface area (Å²) < 4.78 is 10.9. The van der Waals surface area contributed by atoms with Crippen LogP contribution in [0.4, 0.5) is 0 Å². The third-order valence-corrected chi connectivity index (χ3v) is 5.76. The van der Waals surface area contributed by atoms with Crippen LogP contribution in [0.15, 0.2) is 42.5 Å². The van der Waals surface area contributed by atoms with Crippen molar-refractivity contribution in [2.24, 2.45) is 5.41 Å². The normalized spacial score (nSPS) is 21.0. The number of ether oxygens (including phenoxy) is 2. The summed E-state index contributed by atoms with van der Waals surface area (Å²) in [5, 5.41) is 9.15. The second-order valence-corrected chi connectivity index (χ2v) is 8.25. The van der Waals surface area contributed by atoms with Crippen LogP contribution in [0.5, 0.6) is 11.5 Å². The Morgan fingerprint density at radius 1 is 1.07 bits per heavy atom. The first kappa shape index (κ1) is 18.8. The zero-order chi connectivity index (χ0) is 19.6. The van der Waals surface area contributed by atoms with Crippen molar-refractivity contribution in [3.8, 4) is 11.5 Å². The summed E-state index contributed by atoms with van der Waals surface area (Å²) in [7, 11) is 0. The Kier molecular flexibility index (Phi) is 5.27. The van der Waals surface area contributed by atoms with Crippen LogP contribution < -0.4 is 9.47 Å². The number of likely N-dealkylation sites (tertiary alicyclic amines) is 1. The maximum Gasteiger partial charge on any atom is 0.231 e. The highest BCUT2D eigenvalue weighted by molar-refractivity contribution is 5.79. The molecule has 5 heteroatoms.